The molecule has 0 aliphatic heterocycles. The Morgan fingerprint density at radius 2 is 2.08 bits per heavy atom. The molecule has 0 aliphatic rings. The van der Waals surface area contributed by atoms with Gasteiger partial charge in [-0.15, -0.1) is 0 Å². The van der Waals surface area contributed by atoms with E-state index in [0.29, 0.717) is 6.61 Å². The fourth-order valence-electron chi connectivity index (χ4n) is 1.24. The highest BCUT2D eigenvalue weighted by molar-refractivity contribution is 9.10. The lowest BCUT2D eigenvalue weighted by molar-refractivity contribution is -0.132. The van der Waals surface area contributed by atoms with Crippen molar-refractivity contribution in [1.82, 2.24) is 4.90 Å². The quantitative estimate of drug-likeness (QED) is 0.696. The van der Waals surface area contributed by atoms with Gasteiger partial charge < -0.3 is 9.64 Å². The van der Waals surface area contributed by atoms with Gasteiger partial charge in [0.2, 0.25) is 5.91 Å². The maximum atomic E-state index is 11.6. The smallest absolute Gasteiger partial charge is 0.236 e. The second-order valence-corrected chi connectivity index (χ2v) is 4.42. The van der Waals surface area contributed by atoms with E-state index in [-0.39, 0.29) is 16.8 Å². The van der Waals surface area contributed by atoms with Gasteiger partial charge in [-0.25, -0.2) is 0 Å². The van der Waals surface area contributed by atoms with Crippen LogP contribution in [0.2, 0.25) is 0 Å². The standard InChI is InChI=1S/C9H18BrNO2/c1-5-11(7(2)6-13-4)9(12)8(3)10/h7-8H,5-6H2,1-4H3. The molecule has 1 amide bonds. The minimum absolute atomic E-state index is 0.118. The predicted octanol–water partition coefficient (Wildman–Crippen LogP) is 1.65. The lowest BCUT2D eigenvalue weighted by atomic mass is 10.2. The van der Waals surface area contributed by atoms with Gasteiger partial charge in [0.1, 0.15) is 0 Å². The third-order valence-corrected chi connectivity index (χ3v) is 2.30. The van der Waals surface area contributed by atoms with Crippen LogP contribution in [0.5, 0.6) is 0 Å². The summed E-state index contributed by atoms with van der Waals surface area (Å²) in [5.74, 6) is 0.118. The van der Waals surface area contributed by atoms with Crippen LogP contribution < -0.4 is 0 Å². The van der Waals surface area contributed by atoms with Gasteiger partial charge in [0, 0.05) is 13.7 Å². The second kappa shape index (κ2) is 6.38. The number of nitrogens with zero attached hydrogens (tertiary/aromatic N) is 1. The molecule has 0 spiro atoms. The second-order valence-electron chi connectivity index (χ2n) is 3.04. The Kier molecular flexibility index (Phi) is 6.33. The number of hydrogen-bond acceptors (Lipinski definition) is 2. The summed E-state index contributed by atoms with van der Waals surface area (Å²) in [5.41, 5.74) is 0. The van der Waals surface area contributed by atoms with Crippen molar-refractivity contribution in [3.63, 3.8) is 0 Å². The first-order valence-electron chi connectivity index (χ1n) is 4.48. The number of carbonyl (C=O) groups excluding carboxylic acids is 1. The van der Waals surface area contributed by atoms with Crippen LogP contribution in [-0.2, 0) is 9.53 Å². The molecule has 0 saturated heterocycles. The van der Waals surface area contributed by atoms with Crippen molar-refractivity contribution in [3.05, 3.63) is 0 Å². The van der Waals surface area contributed by atoms with E-state index < -0.39 is 0 Å². The predicted molar refractivity (Wildman–Crippen MR) is 57.1 cm³/mol. The molecule has 0 heterocycles. The number of ether oxygens (including phenoxy) is 1. The van der Waals surface area contributed by atoms with Crippen molar-refractivity contribution in [1.29, 1.82) is 0 Å². The van der Waals surface area contributed by atoms with Crippen LogP contribution >= 0.6 is 15.9 Å². The molecule has 0 aromatic carbocycles. The number of amides is 1. The monoisotopic (exact) mass is 251 g/mol. The van der Waals surface area contributed by atoms with Crippen molar-refractivity contribution >= 4 is 21.8 Å². The van der Waals surface area contributed by atoms with Crippen LogP contribution in [-0.4, -0.2) is 41.9 Å². The van der Waals surface area contributed by atoms with Crippen molar-refractivity contribution in [2.24, 2.45) is 0 Å². The zero-order chi connectivity index (χ0) is 10.4. The van der Waals surface area contributed by atoms with Gasteiger partial charge in [-0.2, -0.15) is 0 Å². The van der Waals surface area contributed by atoms with Gasteiger partial charge in [-0.05, 0) is 20.8 Å². The highest BCUT2D eigenvalue weighted by atomic mass is 79.9. The lowest BCUT2D eigenvalue weighted by Crippen LogP contribution is -2.43. The van der Waals surface area contributed by atoms with Crippen molar-refractivity contribution in [3.8, 4) is 0 Å². The van der Waals surface area contributed by atoms with Gasteiger partial charge in [0.25, 0.3) is 0 Å². The van der Waals surface area contributed by atoms with E-state index in [9.17, 15) is 4.79 Å². The summed E-state index contributed by atoms with van der Waals surface area (Å²) in [6.07, 6.45) is 0. The molecule has 4 heteroatoms. The van der Waals surface area contributed by atoms with Crippen LogP contribution in [0, 0.1) is 0 Å². The summed E-state index contributed by atoms with van der Waals surface area (Å²) in [4.78, 5) is 13.3. The number of alkyl halides is 1. The maximum absolute atomic E-state index is 11.6. The zero-order valence-electron chi connectivity index (χ0n) is 8.71. The molecule has 78 valence electrons. The van der Waals surface area contributed by atoms with Crippen LogP contribution in [0.15, 0.2) is 0 Å². The van der Waals surface area contributed by atoms with Gasteiger partial charge >= 0.3 is 0 Å². The fraction of sp³-hybridized carbons (Fsp3) is 0.889. The first-order chi connectivity index (χ1) is 6.04. The lowest BCUT2D eigenvalue weighted by Gasteiger charge is -2.28. The molecule has 0 fully saturated rings. The van der Waals surface area contributed by atoms with Crippen molar-refractivity contribution < 1.29 is 9.53 Å². The molecule has 0 rings (SSSR count). The summed E-state index contributed by atoms with van der Waals surface area (Å²) >= 11 is 3.27. The zero-order valence-corrected chi connectivity index (χ0v) is 10.3. The van der Waals surface area contributed by atoms with Crippen molar-refractivity contribution in [2.45, 2.75) is 31.6 Å². The van der Waals surface area contributed by atoms with Crippen LogP contribution in [0.25, 0.3) is 0 Å². The molecule has 2 unspecified atom stereocenters. The van der Waals surface area contributed by atoms with Gasteiger partial charge in [-0.3, -0.25) is 4.79 Å². The molecular weight excluding hydrogens is 234 g/mol. The molecule has 0 aliphatic carbocycles. The molecule has 0 aromatic rings. The molecule has 2 atom stereocenters. The Balaban J connectivity index is 4.23. The largest absolute Gasteiger partial charge is 0.383 e. The summed E-state index contributed by atoms with van der Waals surface area (Å²) in [5, 5.41) is 0. The summed E-state index contributed by atoms with van der Waals surface area (Å²) in [6, 6.07) is 0.141. The topological polar surface area (TPSA) is 29.5 Å². The van der Waals surface area contributed by atoms with Gasteiger partial charge in [-0.1, -0.05) is 15.9 Å². The Morgan fingerprint density at radius 3 is 2.38 bits per heavy atom. The van der Waals surface area contributed by atoms with E-state index >= 15 is 0 Å². The highest BCUT2D eigenvalue weighted by Gasteiger charge is 2.21. The van der Waals surface area contributed by atoms with Crippen LogP contribution in [0.4, 0.5) is 0 Å². The molecule has 0 bridgehead atoms. The third-order valence-electron chi connectivity index (χ3n) is 1.90. The van der Waals surface area contributed by atoms with E-state index in [2.05, 4.69) is 15.9 Å². The number of halogens is 1. The Labute approximate surface area is 88.6 Å². The van der Waals surface area contributed by atoms with E-state index in [4.69, 9.17) is 4.74 Å². The summed E-state index contributed by atoms with van der Waals surface area (Å²) in [7, 11) is 1.65. The van der Waals surface area contributed by atoms with Gasteiger partial charge in [0.05, 0.1) is 17.5 Å². The minimum Gasteiger partial charge on any atom is -0.383 e. The van der Waals surface area contributed by atoms with Crippen molar-refractivity contribution in [2.75, 3.05) is 20.3 Å². The molecule has 0 N–H and O–H groups in total. The summed E-state index contributed by atoms with van der Waals surface area (Å²) < 4.78 is 5.01. The van der Waals surface area contributed by atoms with E-state index in [1.54, 1.807) is 7.11 Å². The molecule has 13 heavy (non-hydrogen) atoms. The van der Waals surface area contributed by atoms with E-state index in [1.807, 2.05) is 25.7 Å². The Hall–Kier alpha value is -0.0900. The normalized spacial score (nSPS) is 15.2. The molecule has 0 saturated carbocycles. The van der Waals surface area contributed by atoms with E-state index in [0.717, 1.165) is 6.54 Å². The Bertz CT molecular complexity index is 162. The molecular formula is C9H18BrNO2. The minimum atomic E-state index is -0.119. The number of hydrogen-bond donors (Lipinski definition) is 0. The first kappa shape index (κ1) is 12.9. The average molecular weight is 252 g/mol. The number of methoxy groups -OCH3 is 1. The highest BCUT2D eigenvalue weighted by Crippen LogP contribution is 2.07. The molecule has 3 nitrogen and oxygen atoms in total. The Morgan fingerprint density at radius 1 is 1.54 bits per heavy atom. The van der Waals surface area contributed by atoms with Gasteiger partial charge in [0.15, 0.2) is 0 Å². The number of carbonyl (C=O) groups is 1. The van der Waals surface area contributed by atoms with Crippen LogP contribution in [0.3, 0.4) is 0 Å². The number of likely N-dealkylation sites (N-methyl/N-ethyl adjacent to an activating group) is 1. The molecule has 0 radical (unpaired) electrons. The van der Waals surface area contributed by atoms with Crippen LogP contribution in [0.1, 0.15) is 20.8 Å². The molecule has 0 aromatic heterocycles. The SMILES string of the molecule is CCN(C(=O)C(C)Br)C(C)COC. The number of rotatable bonds is 5. The maximum Gasteiger partial charge on any atom is 0.236 e. The van der Waals surface area contributed by atoms with E-state index in [1.165, 1.54) is 0 Å². The third kappa shape index (κ3) is 4.09. The summed E-state index contributed by atoms with van der Waals surface area (Å²) in [6.45, 7) is 7.10. The average Bonchev–Trinajstić information content (AvgIpc) is 2.05. The first-order valence-corrected chi connectivity index (χ1v) is 5.39. The fourth-order valence-corrected chi connectivity index (χ4v) is 1.51.